The summed E-state index contributed by atoms with van der Waals surface area (Å²) in [7, 11) is 0. The van der Waals surface area contributed by atoms with Gasteiger partial charge < -0.3 is 4.55 Å². The number of hydrogen-bond donors (Lipinski definition) is 1. The number of fused-ring (bicyclic) bond motifs is 1. The van der Waals surface area contributed by atoms with Crippen molar-refractivity contribution in [2.75, 3.05) is 0 Å². The summed E-state index contributed by atoms with van der Waals surface area (Å²) in [5.74, 6) is 0.0418. The molecule has 2 aromatic heterocycles. The van der Waals surface area contributed by atoms with E-state index in [1.807, 2.05) is 38.1 Å². The first-order valence-electron chi connectivity index (χ1n) is 8.95. The molecular formula is C21H19FN4OS. The van der Waals surface area contributed by atoms with Gasteiger partial charge in [-0.2, -0.15) is 4.98 Å². The monoisotopic (exact) mass is 394 g/mol. The number of para-hydroxylation sites is 2. The van der Waals surface area contributed by atoms with Crippen molar-refractivity contribution in [2.24, 2.45) is 0 Å². The van der Waals surface area contributed by atoms with E-state index in [1.54, 1.807) is 12.1 Å². The van der Waals surface area contributed by atoms with Gasteiger partial charge in [-0.15, -0.1) is 0 Å². The Morgan fingerprint density at radius 1 is 1.07 bits per heavy atom. The second-order valence-electron chi connectivity index (χ2n) is 6.80. The summed E-state index contributed by atoms with van der Waals surface area (Å²) in [6.07, 6.45) is 1.50. The zero-order chi connectivity index (χ0) is 19.7. The predicted molar refractivity (Wildman–Crippen MR) is 108 cm³/mol. The van der Waals surface area contributed by atoms with E-state index in [1.165, 1.54) is 18.5 Å². The standard InChI is InChI=1S/C21H19FN4OS/c1-13(2)19-16(20(24-12-23-19)14-7-9-15(22)10-8-14)11-28(27)21-25-17-5-3-4-6-18(17)26-21/h3-10,12-13H,11H2,1-2H3,(H,25,26). The van der Waals surface area contributed by atoms with Gasteiger partial charge in [0.25, 0.3) is 0 Å². The van der Waals surface area contributed by atoms with E-state index in [9.17, 15) is 8.94 Å². The van der Waals surface area contributed by atoms with Crippen molar-refractivity contribution in [2.45, 2.75) is 30.7 Å². The number of aromatic nitrogens is 4. The molecule has 0 aliphatic heterocycles. The van der Waals surface area contributed by atoms with Gasteiger partial charge in [-0.05, 0) is 42.3 Å². The van der Waals surface area contributed by atoms with Crippen LogP contribution in [0.5, 0.6) is 0 Å². The molecule has 0 aliphatic rings. The van der Waals surface area contributed by atoms with Gasteiger partial charge in [0.05, 0.1) is 22.4 Å². The van der Waals surface area contributed by atoms with E-state index in [0.29, 0.717) is 10.9 Å². The van der Waals surface area contributed by atoms with Crippen LogP contribution in [-0.2, 0) is 16.9 Å². The van der Waals surface area contributed by atoms with Crippen LogP contribution in [0.25, 0.3) is 22.3 Å². The summed E-state index contributed by atoms with van der Waals surface area (Å²) < 4.78 is 26.4. The topological polar surface area (TPSA) is 77.5 Å². The summed E-state index contributed by atoms with van der Waals surface area (Å²) in [5, 5.41) is 0.421. The highest BCUT2D eigenvalue weighted by molar-refractivity contribution is 7.90. The number of H-pyrrole nitrogens is 1. The van der Waals surface area contributed by atoms with Crippen LogP contribution in [0.3, 0.4) is 0 Å². The minimum absolute atomic E-state index is 0.130. The second kappa shape index (κ2) is 7.69. The molecule has 1 unspecified atom stereocenters. The van der Waals surface area contributed by atoms with Gasteiger partial charge in [-0.1, -0.05) is 26.0 Å². The lowest BCUT2D eigenvalue weighted by Gasteiger charge is -2.16. The smallest absolute Gasteiger partial charge is 0.321 e. The molecule has 0 spiro atoms. The first-order valence-corrected chi connectivity index (χ1v) is 10.3. The van der Waals surface area contributed by atoms with Crippen molar-refractivity contribution >= 4 is 22.2 Å². The van der Waals surface area contributed by atoms with Crippen LogP contribution in [0.15, 0.2) is 60.0 Å². The number of rotatable bonds is 5. The molecule has 142 valence electrons. The molecule has 2 heterocycles. The number of imidazole rings is 1. The van der Waals surface area contributed by atoms with Gasteiger partial charge in [0, 0.05) is 22.3 Å². The van der Waals surface area contributed by atoms with Crippen molar-refractivity contribution in [3.63, 3.8) is 0 Å². The van der Waals surface area contributed by atoms with E-state index in [4.69, 9.17) is 0 Å². The molecule has 1 atom stereocenters. The summed E-state index contributed by atoms with van der Waals surface area (Å²) in [6.45, 7) is 4.06. The van der Waals surface area contributed by atoms with Crippen LogP contribution < -0.4 is 0 Å². The number of aromatic amines is 1. The summed E-state index contributed by atoms with van der Waals surface area (Å²) in [4.78, 5) is 16.4. The first-order chi connectivity index (χ1) is 13.5. The van der Waals surface area contributed by atoms with Crippen molar-refractivity contribution in [1.29, 1.82) is 0 Å². The molecule has 0 bridgehead atoms. The van der Waals surface area contributed by atoms with Crippen LogP contribution in [0, 0.1) is 5.82 Å². The van der Waals surface area contributed by atoms with Gasteiger partial charge in [-0.25, -0.2) is 14.4 Å². The molecule has 0 aliphatic carbocycles. The molecule has 28 heavy (non-hydrogen) atoms. The Morgan fingerprint density at radius 3 is 2.54 bits per heavy atom. The number of halogens is 1. The van der Waals surface area contributed by atoms with Crippen LogP contribution in [0.1, 0.15) is 31.0 Å². The normalized spacial score (nSPS) is 12.6. The lowest BCUT2D eigenvalue weighted by atomic mass is 10.00. The molecule has 4 aromatic rings. The molecule has 0 saturated carbocycles. The van der Waals surface area contributed by atoms with Gasteiger partial charge in [-0.3, -0.25) is 4.98 Å². The van der Waals surface area contributed by atoms with Crippen LogP contribution >= 0.6 is 0 Å². The molecule has 1 N–H and O–H groups in total. The maximum atomic E-state index is 13.3. The summed E-state index contributed by atoms with van der Waals surface area (Å²) in [6, 6.07) is 13.7. The number of nitrogens with zero attached hydrogens (tertiary/aromatic N) is 3. The van der Waals surface area contributed by atoms with Crippen molar-refractivity contribution in [3.05, 3.63) is 71.9 Å². The summed E-state index contributed by atoms with van der Waals surface area (Å²) in [5.41, 5.74) is 4.68. The minimum atomic E-state index is -1.40. The third-order valence-electron chi connectivity index (χ3n) is 4.50. The highest BCUT2D eigenvalue weighted by Gasteiger charge is 2.24. The third kappa shape index (κ3) is 3.63. The van der Waals surface area contributed by atoms with Gasteiger partial charge in [0.15, 0.2) is 0 Å². The first kappa shape index (κ1) is 18.6. The zero-order valence-electron chi connectivity index (χ0n) is 15.5. The zero-order valence-corrected chi connectivity index (χ0v) is 16.3. The molecule has 4 rings (SSSR count). The van der Waals surface area contributed by atoms with E-state index >= 15 is 0 Å². The SMILES string of the molecule is CC(C)c1ncnc(-c2ccc(F)cc2)c1C[S+]([O-])c1nc2ccccc2[nH]1. The Bertz CT molecular complexity index is 1080. The predicted octanol–water partition coefficient (Wildman–Crippen LogP) is 4.59. The average Bonchev–Trinajstić information content (AvgIpc) is 3.13. The van der Waals surface area contributed by atoms with Crippen LogP contribution in [-0.4, -0.2) is 24.5 Å². The lowest BCUT2D eigenvalue weighted by Crippen LogP contribution is -2.13. The fourth-order valence-electron chi connectivity index (χ4n) is 3.16. The maximum absolute atomic E-state index is 13.3. The van der Waals surface area contributed by atoms with Crippen molar-refractivity contribution in [1.82, 2.24) is 19.9 Å². The molecule has 0 fully saturated rings. The minimum Gasteiger partial charge on any atom is -0.609 e. The van der Waals surface area contributed by atoms with Crippen LogP contribution in [0.2, 0.25) is 0 Å². The average molecular weight is 394 g/mol. The molecule has 2 aromatic carbocycles. The lowest BCUT2D eigenvalue weighted by molar-refractivity contribution is 0.586. The molecule has 7 heteroatoms. The van der Waals surface area contributed by atoms with Gasteiger partial charge in [0.2, 0.25) is 0 Å². The number of nitrogens with one attached hydrogen (secondary N) is 1. The fraction of sp³-hybridized carbons (Fsp3) is 0.190. The number of hydrogen-bond acceptors (Lipinski definition) is 4. The van der Waals surface area contributed by atoms with Crippen molar-refractivity contribution < 1.29 is 8.94 Å². The molecular weight excluding hydrogens is 375 g/mol. The van der Waals surface area contributed by atoms with E-state index in [-0.39, 0.29) is 17.5 Å². The Hall–Kier alpha value is -2.77. The highest BCUT2D eigenvalue weighted by Crippen LogP contribution is 2.30. The Balaban J connectivity index is 1.75. The Labute approximate surface area is 165 Å². The highest BCUT2D eigenvalue weighted by atomic mass is 32.2. The van der Waals surface area contributed by atoms with Gasteiger partial charge in [0.1, 0.15) is 17.9 Å². The Morgan fingerprint density at radius 2 is 1.82 bits per heavy atom. The quantitative estimate of drug-likeness (QED) is 0.502. The fourth-order valence-corrected chi connectivity index (χ4v) is 4.27. The molecule has 0 amide bonds. The summed E-state index contributed by atoms with van der Waals surface area (Å²) >= 11 is -1.40. The molecule has 5 nitrogen and oxygen atoms in total. The van der Waals surface area contributed by atoms with E-state index in [2.05, 4.69) is 19.9 Å². The maximum Gasteiger partial charge on any atom is 0.321 e. The largest absolute Gasteiger partial charge is 0.609 e. The number of benzene rings is 2. The van der Waals surface area contributed by atoms with Crippen molar-refractivity contribution in [3.8, 4) is 11.3 Å². The third-order valence-corrected chi connectivity index (χ3v) is 5.68. The van der Waals surface area contributed by atoms with E-state index in [0.717, 1.165) is 27.9 Å². The molecule has 0 saturated heterocycles. The Kier molecular flexibility index (Phi) is 5.11. The molecule has 0 radical (unpaired) electrons. The van der Waals surface area contributed by atoms with Gasteiger partial charge >= 0.3 is 5.16 Å². The second-order valence-corrected chi connectivity index (χ2v) is 8.16. The van der Waals surface area contributed by atoms with E-state index < -0.39 is 11.2 Å². The van der Waals surface area contributed by atoms with Crippen LogP contribution in [0.4, 0.5) is 4.39 Å².